The van der Waals surface area contributed by atoms with Crippen molar-refractivity contribution in [3.63, 3.8) is 0 Å². The van der Waals surface area contributed by atoms with Gasteiger partial charge in [-0.05, 0) is 57.1 Å². The second-order valence-corrected chi connectivity index (χ2v) is 7.12. The quantitative estimate of drug-likeness (QED) is 0.567. The van der Waals surface area contributed by atoms with Crippen LogP contribution in [0.15, 0.2) is 24.3 Å². The van der Waals surface area contributed by atoms with E-state index in [2.05, 4.69) is 19.0 Å². The Bertz CT molecular complexity index is 572. The van der Waals surface area contributed by atoms with Crippen molar-refractivity contribution in [3.05, 3.63) is 39.9 Å². The summed E-state index contributed by atoms with van der Waals surface area (Å²) in [4.78, 5) is 14.3. The molecule has 1 aliphatic rings. The van der Waals surface area contributed by atoms with Gasteiger partial charge in [0.25, 0.3) is 0 Å². The largest absolute Gasteiger partial charge is 0.459 e. The summed E-state index contributed by atoms with van der Waals surface area (Å²) >= 11 is 12.0. The average Bonchev–Trinajstić information content (AvgIpc) is 2.48. The van der Waals surface area contributed by atoms with Crippen LogP contribution in [-0.4, -0.2) is 37.6 Å². The molecule has 126 valence electrons. The van der Waals surface area contributed by atoms with Crippen molar-refractivity contribution in [2.24, 2.45) is 5.92 Å². The van der Waals surface area contributed by atoms with Crippen LogP contribution >= 0.6 is 23.2 Å². The lowest BCUT2D eigenvalue weighted by Gasteiger charge is -2.32. The smallest absolute Gasteiger partial charge is 0.331 e. The highest BCUT2D eigenvalue weighted by molar-refractivity contribution is 6.35. The molecule has 0 unspecified atom stereocenters. The number of hydrogen-bond donors (Lipinski definition) is 0. The predicted octanol–water partition coefficient (Wildman–Crippen LogP) is 4.67. The van der Waals surface area contributed by atoms with Crippen molar-refractivity contribution >= 4 is 35.2 Å². The number of hydrogen-bond acceptors (Lipinski definition) is 3. The van der Waals surface area contributed by atoms with Gasteiger partial charge in [-0.3, -0.25) is 0 Å². The zero-order chi connectivity index (χ0) is 16.8. The highest BCUT2D eigenvalue weighted by Gasteiger charge is 2.28. The molecular formula is C18H23Cl2NO2. The molecule has 2 rings (SSSR count). The number of rotatable bonds is 5. The fourth-order valence-electron chi connectivity index (χ4n) is 2.99. The highest BCUT2D eigenvalue weighted by Crippen LogP contribution is 2.28. The summed E-state index contributed by atoms with van der Waals surface area (Å²) < 4.78 is 5.67. The summed E-state index contributed by atoms with van der Waals surface area (Å²) in [6.45, 7) is 0.949. The minimum atomic E-state index is -0.313. The molecule has 0 N–H and O–H groups in total. The van der Waals surface area contributed by atoms with Gasteiger partial charge in [0, 0.05) is 28.6 Å². The number of ether oxygens (including phenoxy) is 1. The van der Waals surface area contributed by atoms with Crippen LogP contribution in [0.5, 0.6) is 0 Å². The fourth-order valence-corrected chi connectivity index (χ4v) is 3.46. The van der Waals surface area contributed by atoms with Crippen molar-refractivity contribution in [1.29, 1.82) is 0 Å². The van der Waals surface area contributed by atoms with Crippen molar-refractivity contribution in [2.45, 2.75) is 31.8 Å². The normalized spacial score (nSPS) is 21.8. The molecule has 0 spiro atoms. The molecule has 1 aromatic carbocycles. The van der Waals surface area contributed by atoms with Gasteiger partial charge < -0.3 is 9.64 Å². The molecule has 3 nitrogen and oxygen atoms in total. The van der Waals surface area contributed by atoms with E-state index in [1.807, 2.05) is 0 Å². The molecule has 5 heteroatoms. The first kappa shape index (κ1) is 18.3. The maximum atomic E-state index is 12.1. The molecule has 1 aliphatic carbocycles. The van der Waals surface area contributed by atoms with Gasteiger partial charge in [-0.2, -0.15) is 0 Å². The van der Waals surface area contributed by atoms with Gasteiger partial charge in [0.05, 0.1) is 0 Å². The third-order valence-electron chi connectivity index (χ3n) is 4.07. The summed E-state index contributed by atoms with van der Waals surface area (Å²) in [6.07, 6.45) is 7.50. The van der Waals surface area contributed by atoms with Gasteiger partial charge >= 0.3 is 5.97 Å². The first-order valence-electron chi connectivity index (χ1n) is 7.94. The molecule has 23 heavy (non-hydrogen) atoms. The van der Waals surface area contributed by atoms with Gasteiger partial charge in [0.15, 0.2) is 0 Å². The van der Waals surface area contributed by atoms with Crippen LogP contribution in [0.4, 0.5) is 0 Å². The Morgan fingerprint density at radius 2 is 2.04 bits per heavy atom. The lowest BCUT2D eigenvalue weighted by atomic mass is 9.86. The molecule has 1 aromatic rings. The minimum Gasteiger partial charge on any atom is -0.459 e. The summed E-state index contributed by atoms with van der Waals surface area (Å²) in [5.41, 5.74) is 0.751. The number of carbonyl (C=O) groups is 1. The second-order valence-electron chi connectivity index (χ2n) is 6.28. The summed E-state index contributed by atoms with van der Waals surface area (Å²) in [7, 11) is 4.10. The van der Waals surface area contributed by atoms with Gasteiger partial charge in [-0.15, -0.1) is 0 Å². The molecule has 2 atom stereocenters. The van der Waals surface area contributed by atoms with E-state index in [0.717, 1.165) is 31.4 Å². The zero-order valence-corrected chi connectivity index (χ0v) is 15.1. The van der Waals surface area contributed by atoms with E-state index in [1.165, 1.54) is 12.5 Å². The molecule has 0 aromatic heterocycles. The first-order valence-corrected chi connectivity index (χ1v) is 8.70. The minimum absolute atomic E-state index is 0.00369. The molecule has 0 amide bonds. The van der Waals surface area contributed by atoms with Crippen LogP contribution in [0.3, 0.4) is 0 Å². The molecular weight excluding hydrogens is 333 g/mol. The van der Waals surface area contributed by atoms with E-state index >= 15 is 0 Å². The van der Waals surface area contributed by atoms with Crippen LogP contribution in [0.2, 0.25) is 10.0 Å². The standard InChI is InChI=1S/C18H23Cl2NO2/c1-21(2)12-14-5-3-4-6-17(14)23-18(22)10-8-13-7-9-15(19)11-16(13)20/h7-11,14,17H,3-6,12H2,1-2H3/b10-8+/t14-,17+/m1/s1. The van der Waals surface area contributed by atoms with Crippen molar-refractivity contribution in [1.82, 2.24) is 4.90 Å². The molecule has 0 heterocycles. The van der Waals surface area contributed by atoms with E-state index in [-0.39, 0.29) is 12.1 Å². The van der Waals surface area contributed by atoms with Crippen molar-refractivity contribution in [2.75, 3.05) is 20.6 Å². The first-order chi connectivity index (χ1) is 11.0. The number of halogens is 2. The Morgan fingerprint density at radius 3 is 2.74 bits per heavy atom. The fraction of sp³-hybridized carbons (Fsp3) is 0.500. The summed E-state index contributed by atoms with van der Waals surface area (Å²) in [5.74, 6) is 0.0990. The van der Waals surface area contributed by atoms with Crippen LogP contribution in [0.25, 0.3) is 6.08 Å². The Balaban J connectivity index is 1.95. The third-order valence-corrected chi connectivity index (χ3v) is 4.63. The lowest BCUT2D eigenvalue weighted by molar-refractivity contribution is -0.147. The van der Waals surface area contributed by atoms with Crippen LogP contribution in [0, 0.1) is 5.92 Å². The summed E-state index contributed by atoms with van der Waals surface area (Å²) in [6, 6.07) is 5.18. The van der Waals surface area contributed by atoms with E-state index in [0.29, 0.717) is 16.0 Å². The number of carbonyl (C=O) groups excluding carboxylic acids is 1. The number of nitrogens with zero attached hydrogens (tertiary/aromatic N) is 1. The molecule has 0 aliphatic heterocycles. The van der Waals surface area contributed by atoms with Gasteiger partial charge in [0.1, 0.15) is 6.10 Å². The molecule has 1 fully saturated rings. The Morgan fingerprint density at radius 1 is 1.30 bits per heavy atom. The van der Waals surface area contributed by atoms with Crippen LogP contribution in [-0.2, 0) is 9.53 Å². The maximum Gasteiger partial charge on any atom is 0.331 e. The molecule has 0 radical (unpaired) electrons. The Kier molecular flexibility index (Phi) is 6.94. The van der Waals surface area contributed by atoms with E-state index in [1.54, 1.807) is 24.3 Å². The van der Waals surface area contributed by atoms with E-state index < -0.39 is 0 Å². The monoisotopic (exact) mass is 355 g/mol. The third kappa shape index (κ3) is 5.83. The molecule has 1 saturated carbocycles. The Labute approximate surface area is 148 Å². The summed E-state index contributed by atoms with van der Waals surface area (Å²) in [5, 5.41) is 1.09. The van der Waals surface area contributed by atoms with Gasteiger partial charge in [0.2, 0.25) is 0 Å². The topological polar surface area (TPSA) is 29.5 Å². The SMILES string of the molecule is CN(C)C[C@H]1CCCC[C@@H]1OC(=O)/C=C/c1ccc(Cl)cc1Cl. The molecule has 0 saturated heterocycles. The van der Waals surface area contributed by atoms with Crippen LogP contribution in [0.1, 0.15) is 31.2 Å². The van der Waals surface area contributed by atoms with Crippen molar-refractivity contribution < 1.29 is 9.53 Å². The van der Waals surface area contributed by atoms with E-state index in [4.69, 9.17) is 27.9 Å². The predicted molar refractivity (Wildman–Crippen MR) is 95.9 cm³/mol. The Hall–Kier alpha value is -1.03. The van der Waals surface area contributed by atoms with Gasteiger partial charge in [-0.25, -0.2) is 4.79 Å². The molecule has 0 bridgehead atoms. The van der Waals surface area contributed by atoms with Crippen molar-refractivity contribution in [3.8, 4) is 0 Å². The average molecular weight is 356 g/mol. The lowest BCUT2D eigenvalue weighted by Crippen LogP contribution is -2.36. The number of esters is 1. The van der Waals surface area contributed by atoms with Gasteiger partial charge in [-0.1, -0.05) is 35.7 Å². The number of benzene rings is 1. The second kappa shape index (κ2) is 8.72. The van der Waals surface area contributed by atoms with E-state index in [9.17, 15) is 4.79 Å². The van der Waals surface area contributed by atoms with Crippen LogP contribution < -0.4 is 0 Å². The highest BCUT2D eigenvalue weighted by atomic mass is 35.5. The maximum absolute atomic E-state index is 12.1. The zero-order valence-electron chi connectivity index (χ0n) is 13.6.